The first-order valence-electron chi connectivity index (χ1n) is 9.62. The van der Waals surface area contributed by atoms with Crippen molar-refractivity contribution in [3.8, 4) is 0 Å². The molecule has 4 rings (SSSR count). The summed E-state index contributed by atoms with van der Waals surface area (Å²) in [5.41, 5.74) is 3.40. The summed E-state index contributed by atoms with van der Waals surface area (Å²) >= 11 is 1.31. The summed E-state index contributed by atoms with van der Waals surface area (Å²) in [6, 6.07) is 11.9. The first kappa shape index (κ1) is 19.6. The molecular formula is C22H22FN3O2S. The summed E-state index contributed by atoms with van der Waals surface area (Å²) < 4.78 is 13.2. The van der Waals surface area contributed by atoms with Crippen molar-refractivity contribution < 1.29 is 14.0 Å². The van der Waals surface area contributed by atoms with Crippen LogP contribution in [0.4, 0.5) is 15.8 Å². The Bertz CT molecular complexity index is 986. The van der Waals surface area contributed by atoms with E-state index in [0.717, 1.165) is 29.7 Å². The van der Waals surface area contributed by atoms with E-state index in [1.807, 2.05) is 32.0 Å². The van der Waals surface area contributed by atoms with Gasteiger partial charge in [0.2, 0.25) is 11.8 Å². The summed E-state index contributed by atoms with van der Waals surface area (Å²) in [7, 11) is 0. The summed E-state index contributed by atoms with van der Waals surface area (Å²) in [5, 5.41) is 3.02. The van der Waals surface area contributed by atoms with Gasteiger partial charge in [-0.1, -0.05) is 23.9 Å². The third kappa shape index (κ3) is 4.50. The maximum Gasteiger partial charge on any atom is 0.242 e. The van der Waals surface area contributed by atoms with E-state index in [0.29, 0.717) is 10.9 Å². The number of amides is 2. The minimum Gasteiger partial charge on any atom is -0.326 e. The molecule has 1 aliphatic heterocycles. The molecule has 0 aromatic heterocycles. The highest BCUT2D eigenvalue weighted by Gasteiger charge is 2.46. The largest absolute Gasteiger partial charge is 0.326 e. The molecule has 1 N–H and O–H groups in total. The number of rotatable bonds is 5. The minimum atomic E-state index is -0.500. The standard InChI is InChI=1S/C22H22FN3O2S/c1-13-3-4-14(2)18(11-13)25-20(27)12-19-21(28)26(17-9-10-17)22(29-19)24-16-7-5-15(23)6-8-16/h3-8,11,17,19H,9-10,12H2,1-2H3,(H,25,27)/t19-/m0/s1. The van der Waals surface area contributed by atoms with Crippen molar-refractivity contribution in [3.63, 3.8) is 0 Å². The molecule has 7 heteroatoms. The van der Waals surface area contributed by atoms with Crippen molar-refractivity contribution >= 4 is 40.1 Å². The molecule has 1 saturated carbocycles. The van der Waals surface area contributed by atoms with Gasteiger partial charge in [-0.25, -0.2) is 9.38 Å². The molecule has 29 heavy (non-hydrogen) atoms. The number of benzene rings is 2. The van der Waals surface area contributed by atoms with Crippen LogP contribution >= 0.6 is 11.8 Å². The van der Waals surface area contributed by atoms with Gasteiger partial charge in [-0.3, -0.25) is 14.5 Å². The number of hydrogen-bond acceptors (Lipinski definition) is 4. The van der Waals surface area contributed by atoms with Crippen LogP contribution in [0.5, 0.6) is 0 Å². The average Bonchev–Trinajstić information content (AvgIpc) is 3.46. The predicted molar refractivity (Wildman–Crippen MR) is 114 cm³/mol. The smallest absolute Gasteiger partial charge is 0.242 e. The summed E-state index contributed by atoms with van der Waals surface area (Å²) in [5.74, 6) is -0.595. The number of thioether (sulfide) groups is 1. The van der Waals surface area contributed by atoms with E-state index in [4.69, 9.17) is 0 Å². The molecule has 0 unspecified atom stereocenters. The molecule has 0 spiro atoms. The maximum atomic E-state index is 13.2. The Hall–Kier alpha value is -2.67. The van der Waals surface area contributed by atoms with Crippen LogP contribution in [-0.4, -0.2) is 33.2 Å². The molecule has 2 amide bonds. The predicted octanol–water partition coefficient (Wildman–Crippen LogP) is 4.57. The Morgan fingerprint density at radius 1 is 1.21 bits per heavy atom. The average molecular weight is 412 g/mol. The number of aryl methyl sites for hydroxylation is 2. The van der Waals surface area contributed by atoms with Crippen molar-refractivity contribution in [1.29, 1.82) is 0 Å². The third-order valence-corrected chi connectivity index (χ3v) is 6.12. The minimum absolute atomic E-state index is 0.0746. The van der Waals surface area contributed by atoms with Crippen LogP contribution in [-0.2, 0) is 9.59 Å². The molecule has 2 aliphatic rings. The van der Waals surface area contributed by atoms with Crippen LogP contribution < -0.4 is 5.32 Å². The fourth-order valence-electron chi connectivity index (χ4n) is 3.23. The monoisotopic (exact) mass is 411 g/mol. The van der Waals surface area contributed by atoms with Crippen molar-refractivity contribution in [1.82, 2.24) is 4.90 Å². The number of carbonyl (C=O) groups is 2. The molecule has 1 heterocycles. The molecule has 150 valence electrons. The van der Waals surface area contributed by atoms with Gasteiger partial charge in [-0.15, -0.1) is 0 Å². The van der Waals surface area contributed by atoms with E-state index in [1.54, 1.807) is 17.0 Å². The molecular weight excluding hydrogens is 389 g/mol. The number of aliphatic imine (C=N–C) groups is 1. The van der Waals surface area contributed by atoms with Gasteiger partial charge < -0.3 is 5.32 Å². The Labute approximate surface area is 173 Å². The quantitative estimate of drug-likeness (QED) is 0.784. The summed E-state index contributed by atoms with van der Waals surface area (Å²) in [6.45, 7) is 3.91. The normalized spacial score (nSPS) is 20.4. The first-order chi connectivity index (χ1) is 13.9. The third-order valence-electron chi connectivity index (χ3n) is 4.97. The maximum absolute atomic E-state index is 13.2. The second kappa shape index (κ2) is 7.99. The Morgan fingerprint density at radius 3 is 2.62 bits per heavy atom. The lowest BCUT2D eigenvalue weighted by Gasteiger charge is -2.15. The molecule has 1 atom stereocenters. The summed E-state index contributed by atoms with van der Waals surface area (Å²) in [6.07, 6.45) is 1.97. The zero-order valence-corrected chi connectivity index (χ0v) is 17.1. The lowest BCUT2D eigenvalue weighted by atomic mass is 10.1. The number of carbonyl (C=O) groups excluding carboxylic acids is 2. The Kier molecular flexibility index (Phi) is 5.41. The van der Waals surface area contributed by atoms with Gasteiger partial charge in [0.05, 0.1) is 5.69 Å². The molecule has 2 fully saturated rings. The van der Waals surface area contributed by atoms with Crippen LogP contribution in [0.1, 0.15) is 30.4 Å². The van der Waals surface area contributed by atoms with Gasteiger partial charge in [-0.05, 0) is 68.1 Å². The van der Waals surface area contributed by atoms with Gasteiger partial charge in [-0.2, -0.15) is 0 Å². The molecule has 2 aromatic carbocycles. The summed E-state index contributed by atoms with van der Waals surface area (Å²) in [4.78, 5) is 31.8. The van der Waals surface area contributed by atoms with Gasteiger partial charge in [0.15, 0.2) is 5.17 Å². The van der Waals surface area contributed by atoms with Crippen molar-refractivity contribution in [3.05, 3.63) is 59.4 Å². The van der Waals surface area contributed by atoms with Crippen LogP contribution in [0.3, 0.4) is 0 Å². The molecule has 5 nitrogen and oxygen atoms in total. The second-order valence-corrected chi connectivity index (χ2v) is 8.66. The van der Waals surface area contributed by atoms with Crippen LogP contribution in [0.15, 0.2) is 47.5 Å². The molecule has 2 aromatic rings. The zero-order chi connectivity index (χ0) is 20.5. The fraction of sp³-hybridized carbons (Fsp3) is 0.318. The number of nitrogens with one attached hydrogen (secondary N) is 1. The van der Waals surface area contributed by atoms with Gasteiger partial charge in [0.1, 0.15) is 11.1 Å². The van der Waals surface area contributed by atoms with Crippen molar-refractivity contribution in [2.45, 2.75) is 44.4 Å². The van der Waals surface area contributed by atoms with Crippen LogP contribution in [0.2, 0.25) is 0 Å². The number of halogens is 1. The highest BCUT2D eigenvalue weighted by Crippen LogP contribution is 2.39. The zero-order valence-electron chi connectivity index (χ0n) is 16.3. The number of amidine groups is 1. The van der Waals surface area contributed by atoms with E-state index in [1.165, 1.54) is 23.9 Å². The Balaban J connectivity index is 1.49. The van der Waals surface area contributed by atoms with Gasteiger partial charge >= 0.3 is 0 Å². The topological polar surface area (TPSA) is 61.8 Å². The van der Waals surface area contributed by atoms with Crippen molar-refractivity contribution in [2.75, 3.05) is 5.32 Å². The molecule has 1 saturated heterocycles. The number of nitrogens with zero attached hydrogens (tertiary/aromatic N) is 2. The van der Waals surface area contributed by atoms with E-state index >= 15 is 0 Å². The van der Waals surface area contributed by atoms with Gasteiger partial charge in [0, 0.05) is 18.2 Å². The molecule has 0 radical (unpaired) electrons. The highest BCUT2D eigenvalue weighted by atomic mass is 32.2. The SMILES string of the molecule is Cc1ccc(C)c(NC(=O)C[C@@H]2SC(=Nc3ccc(F)cc3)N(C3CC3)C2=O)c1. The van der Waals surface area contributed by atoms with Gasteiger partial charge in [0.25, 0.3) is 0 Å². The lowest BCUT2D eigenvalue weighted by Crippen LogP contribution is -2.35. The fourth-order valence-corrected chi connectivity index (χ4v) is 4.44. The highest BCUT2D eigenvalue weighted by molar-refractivity contribution is 8.15. The Morgan fingerprint density at radius 2 is 1.93 bits per heavy atom. The lowest BCUT2D eigenvalue weighted by molar-refractivity contribution is -0.128. The van der Waals surface area contributed by atoms with E-state index in [9.17, 15) is 14.0 Å². The second-order valence-electron chi connectivity index (χ2n) is 7.49. The first-order valence-corrected chi connectivity index (χ1v) is 10.5. The number of anilines is 1. The van der Waals surface area contributed by atoms with Crippen LogP contribution in [0.25, 0.3) is 0 Å². The van der Waals surface area contributed by atoms with E-state index in [2.05, 4.69) is 10.3 Å². The number of hydrogen-bond donors (Lipinski definition) is 1. The molecule has 1 aliphatic carbocycles. The molecule has 0 bridgehead atoms. The van der Waals surface area contributed by atoms with Crippen LogP contribution in [0, 0.1) is 19.7 Å². The van der Waals surface area contributed by atoms with Crippen molar-refractivity contribution in [2.24, 2.45) is 4.99 Å². The van der Waals surface area contributed by atoms with E-state index in [-0.39, 0.29) is 30.1 Å². The van der Waals surface area contributed by atoms with E-state index < -0.39 is 5.25 Å².